The largest absolute Gasteiger partial charge is 0.494 e. The first-order valence-corrected chi connectivity index (χ1v) is 10.6. The summed E-state index contributed by atoms with van der Waals surface area (Å²) in [4.78, 5) is 21.3. The normalized spacial score (nSPS) is 9.68. The van der Waals surface area contributed by atoms with Gasteiger partial charge in [-0.25, -0.2) is 4.98 Å². The van der Waals surface area contributed by atoms with Crippen molar-refractivity contribution in [3.05, 3.63) is 78.1 Å². The van der Waals surface area contributed by atoms with Crippen molar-refractivity contribution in [2.45, 2.75) is 27.7 Å². The van der Waals surface area contributed by atoms with Crippen LogP contribution in [0.25, 0.3) is 33.3 Å². The van der Waals surface area contributed by atoms with Crippen LogP contribution in [0, 0.1) is 11.8 Å². The average Bonchev–Trinajstić information content (AvgIpc) is 2.87. The van der Waals surface area contributed by atoms with Gasteiger partial charge in [0.2, 0.25) is 0 Å². The Labute approximate surface area is 201 Å². The van der Waals surface area contributed by atoms with Crippen LogP contribution in [0.15, 0.2) is 67.0 Å². The number of rotatable bonds is 4. The first-order valence-electron chi connectivity index (χ1n) is 10.6. The van der Waals surface area contributed by atoms with Crippen molar-refractivity contribution in [3.63, 3.8) is 0 Å². The van der Waals surface area contributed by atoms with Crippen molar-refractivity contribution in [1.82, 2.24) is 9.97 Å². The second kappa shape index (κ2) is 12.3. The highest BCUT2D eigenvalue weighted by atomic mass is 16.5. The van der Waals surface area contributed by atoms with Gasteiger partial charge in [0.25, 0.3) is 0 Å². The number of hydrogen-bond donors (Lipinski definition) is 1. The van der Waals surface area contributed by atoms with Crippen molar-refractivity contribution in [2.24, 2.45) is 0 Å². The zero-order valence-corrected chi connectivity index (χ0v) is 19.2. The van der Waals surface area contributed by atoms with Gasteiger partial charge in [-0.15, -0.1) is 0 Å². The SMILES string of the molecule is C.CCC#Cc1ccc(-c2ccc(-c3nc4ccncc4c(C(C)=O)c3OC)cc2)cc1.CO. The van der Waals surface area contributed by atoms with E-state index in [0.717, 1.165) is 35.8 Å². The molecule has 0 amide bonds. The van der Waals surface area contributed by atoms with Crippen LogP contribution in [0.1, 0.15) is 43.6 Å². The molecule has 0 saturated heterocycles. The minimum Gasteiger partial charge on any atom is -0.494 e. The third-order valence-electron chi connectivity index (χ3n) is 5.08. The molecule has 1 N–H and O–H groups in total. The molecule has 5 heteroatoms. The van der Waals surface area contributed by atoms with Crippen LogP contribution in [-0.2, 0) is 0 Å². The molecule has 0 aliphatic rings. The van der Waals surface area contributed by atoms with Crippen molar-refractivity contribution in [1.29, 1.82) is 0 Å². The predicted molar refractivity (Wildman–Crippen MR) is 139 cm³/mol. The zero-order valence-electron chi connectivity index (χ0n) is 19.2. The highest BCUT2D eigenvalue weighted by Crippen LogP contribution is 2.36. The number of benzene rings is 2. The van der Waals surface area contributed by atoms with E-state index in [1.54, 1.807) is 19.5 Å². The van der Waals surface area contributed by atoms with E-state index < -0.39 is 0 Å². The highest BCUT2D eigenvalue weighted by Gasteiger charge is 2.20. The number of aliphatic hydroxyl groups excluding tert-OH is 1. The molecule has 2 aromatic carbocycles. The van der Waals surface area contributed by atoms with Crippen molar-refractivity contribution in [2.75, 3.05) is 14.2 Å². The van der Waals surface area contributed by atoms with Gasteiger partial charge in [-0.3, -0.25) is 9.78 Å². The van der Waals surface area contributed by atoms with Crippen LogP contribution >= 0.6 is 0 Å². The van der Waals surface area contributed by atoms with Crippen LogP contribution in [0.2, 0.25) is 0 Å². The lowest BCUT2D eigenvalue weighted by Gasteiger charge is -2.14. The van der Waals surface area contributed by atoms with Gasteiger partial charge < -0.3 is 9.84 Å². The Hall–Kier alpha value is -4.01. The molecule has 0 fully saturated rings. The predicted octanol–water partition coefficient (Wildman–Crippen LogP) is 6.18. The number of pyridine rings is 2. The lowest BCUT2D eigenvalue weighted by Crippen LogP contribution is -2.03. The summed E-state index contributed by atoms with van der Waals surface area (Å²) in [6, 6.07) is 18.1. The molecule has 0 radical (unpaired) electrons. The number of carbonyl (C=O) groups excluding carboxylic acids is 1. The molecule has 2 heterocycles. The number of Topliss-reactive ketones (excluding diaryl/α,β-unsaturated/α-hetero) is 1. The Morgan fingerprint density at radius 3 is 2.12 bits per heavy atom. The molecule has 4 aromatic rings. The van der Waals surface area contributed by atoms with Gasteiger partial charge in [-0.05, 0) is 36.2 Å². The van der Waals surface area contributed by atoms with Gasteiger partial charge in [0.1, 0.15) is 5.69 Å². The first kappa shape index (κ1) is 26.2. The van der Waals surface area contributed by atoms with Crippen LogP contribution in [0.3, 0.4) is 0 Å². The Bertz CT molecular complexity index is 1320. The van der Waals surface area contributed by atoms with E-state index in [1.807, 2.05) is 49.4 Å². The summed E-state index contributed by atoms with van der Waals surface area (Å²) in [5.74, 6) is 6.62. The van der Waals surface area contributed by atoms with Crippen LogP contribution in [-0.4, -0.2) is 35.1 Å². The van der Waals surface area contributed by atoms with Gasteiger partial charge in [-0.1, -0.05) is 62.6 Å². The highest BCUT2D eigenvalue weighted by molar-refractivity contribution is 6.10. The maximum absolute atomic E-state index is 12.4. The fourth-order valence-electron chi connectivity index (χ4n) is 3.59. The smallest absolute Gasteiger partial charge is 0.164 e. The summed E-state index contributed by atoms with van der Waals surface area (Å²) in [6.07, 6.45) is 4.17. The van der Waals surface area contributed by atoms with E-state index in [0.29, 0.717) is 27.9 Å². The fourth-order valence-corrected chi connectivity index (χ4v) is 3.59. The van der Waals surface area contributed by atoms with E-state index in [2.05, 4.69) is 29.0 Å². The summed E-state index contributed by atoms with van der Waals surface area (Å²) in [5.41, 5.74) is 5.96. The molecule has 0 bridgehead atoms. The second-order valence-corrected chi connectivity index (χ2v) is 7.13. The number of aromatic nitrogens is 2. The maximum atomic E-state index is 12.4. The minimum absolute atomic E-state index is 0. The molecular formula is C29H30N2O3. The quantitative estimate of drug-likeness (QED) is 0.294. The van der Waals surface area contributed by atoms with Crippen LogP contribution < -0.4 is 4.74 Å². The number of aliphatic hydroxyl groups is 1. The molecule has 4 rings (SSSR count). The number of methoxy groups -OCH3 is 1. The minimum atomic E-state index is -0.0821. The average molecular weight is 455 g/mol. The van der Waals surface area contributed by atoms with Crippen LogP contribution in [0.5, 0.6) is 5.75 Å². The lowest BCUT2D eigenvalue weighted by atomic mass is 9.98. The summed E-state index contributed by atoms with van der Waals surface area (Å²) in [5, 5.41) is 7.69. The Morgan fingerprint density at radius 2 is 1.56 bits per heavy atom. The number of ether oxygens (including phenoxy) is 1. The van der Waals surface area contributed by atoms with E-state index in [1.165, 1.54) is 6.92 Å². The van der Waals surface area contributed by atoms with Crippen LogP contribution in [0.4, 0.5) is 0 Å². The Kier molecular flexibility index (Phi) is 9.49. The first-order chi connectivity index (χ1) is 16.1. The lowest BCUT2D eigenvalue weighted by molar-refractivity contribution is 0.101. The molecule has 2 aromatic heterocycles. The molecular weight excluding hydrogens is 424 g/mol. The monoisotopic (exact) mass is 454 g/mol. The molecule has 174 valence electrons. The summed E-state index contributed by atoms with van der Waals surface area (Å²) >= 11 is 0. The van der Waals surface area contributed by atoms with Gasteiger partial charge in [0.15, 0.2) is 11.5 Å². The Balaban J connectivity index is 0.00000133. The van der Waals surface area contributed by atoms with Gasteiger partial charge in [-0.2, -0.15) is 0 Å². The van der Waals surface area contributed by atoms with E-state index in [-0.39, 0.29) is 13.2 Å². The molecule has 0 spiro atoms. The van der Waals surface area contributed by atoms with Crippen molar-refractivity contribution < 1.29 is 14.6 Å². The number of carbonyl (C=O) groups is 1. The standard InChI is InChI=1S/C27H22N2O2.CH4O.CH4/c1-4-5-6-19-7-9-20(10-8-19)21-11-13-22(14-12-21)26-27(31-3)25(18(2)30)23-17-28-16-15-24(23)29-26;1-2;/h7-17H,4H2,1-3H3;2H,1H3;1H4. The second-order valence-electron chi connectivity index (χ2n) is 7.13. The molecule has 0 unspecified atom stereocenters. The van der Waals surface area contributed by atoms with Gasteiger partial charge in [0, 0.05) is 42.4 Å². The van der Waals surface area contributed by atoms with Gasteiger partial charge >= 0.3 is 0 Å². The van der Waals surface area contributed by atoms with E-state index in [9.17, 15) is 4.79 Å². The zero-order chi connectivity index (χ0) is 23.8. The number of fused-ring (bicyclic) bond motifs is 1. The maximum Gasteiger partial charge on any atom is 0.164 e. The third-order valence-corrected chi connectivity index (χ3v) is 5.08. The van der Waals surface area contributed by atoms with E-state index >= 15 is 0 Å². The number of hydrogen-bond acceptors (Lipinski definition) is 5. The number of nitrogens with zero attached hydrogens (tertiary/aromatic N) is 2. The van der Waals surface area contributed by atoms with E-state index in [4.69, 9.17) is 14.8 Å². The topological polar surface area (TPSA) is 72.3 Å². The summed E-state index contributed by atoms with van der Waals surface area (Å²) < 4.78 is 5.64. The molecule has 0 saturated carbocycles. The summed E-state index contributed by atoms with van der Waals surface area (Å²) in [7, 11) is 2.56. The molecule has 0 atom stereocenters. The number of ketones is 1. The Morgan fingerprint density at radius 1 is 0.971 bits per heavy atom. The molecule has 34 heavy (non-hydrogen) atoms. The molecule has 0 aliphatic heterocycles. The van der Waals surface area contributed by atoms with Crippen molar-refractivity contribution >= 4 is 16.7 Å². The molecule has 0 aliphatic carbocycles. The fraction of sp³-hybridized carbons (Fsp3) is 0.207. The third kappa shape index (κ3) is 5.48. The van der Waals surface area contributed by atoms with Crippen molar-refractivity contribution in [3.8, 4) is 40.0 Å². The molecule has 5 nitrogen and oxygen atoms in total. The van der Waals surface area contributed by atoms with Gasteiger partial charge in [0.05, 0.1) is 18.2 Å². The summed E-state index contributed by atoms with van der Waals surface area (Å²) in [6.45, 7) is 3.57.